The molecular weight excluding hydrogens is 382 g/mol. The molecule has 3 rings (SSSR count). The van der Waals surface area contributed by atoms with Crippen LogP contribution in [0.4, 0.5) is 11.4 Å². The minimum Gasteiger partial charge on any atom is -0.453 e. The highest BCUT2D eigenvalue weighted by Crippen LogP contribution is 2.28. The molecule has 0 radical (unpaired) electrons. The maximum Gasteiger partial charge on any atom is 0.349 e. The van der Waals surface area contributed by atoms with Crippen molar-refractivity contribution in [3.63, 3.8) is 0 Å². The number of carbonyl (C=O) groups is 3. The lowest BCUT2D eigenvalue weighted by Gasteiger charge is -2.12. The maximum atomic E-state index is 12.4. The topological polar surface area (TPSA) is 90.7 Å². The standard InChI is InChI=1S/C23H21N3O4/c1-25(2)19-7-4-15(5-8-19)10-18(13-24)23(29)30-14-21(27)16-6-9-20-17(11-16)12-22(28)26(20)3/h4-11H,12,14H2,1-3H3/b18-10+. The van der Waals surface area contributed by atoms with Crippen molar-refractivity contribution in [3.05, 3.63) is 64.7 Å². The highest BCUT2D eigenvalue weighted by atomic mass is 16.5. The van der Waals surface area contributed by atoms with Gasteiger partial charge in [0.15, 0.2) is 12.4 Å². The molecule has 0 fully saturated rings. The molecule has 1 heterocycles. The average Bonchev–Trinajstić information content (AvgIpc) is 3.03. The fourth-order valence-electron chi connectivity index (χ4n) is 3.11. The van der Waals surface area contributed by atoms with Crippen LogP contribution in [0.3, 0.4) is 0 Å². The van der Waals surface area contributed by atoms with Gasteiger partial charge in [-0.1, -0.05) is 12.1 Å². The monoisotopic (exact) mass is 403 g/mol. The zero-order valence-corrected chi connectivity index (χ0v) is 17.0. The van der Waals surface area contributed by atoms with Crippen molar-refractivity contribution < 1.29 is 19.1 Å². The Morgan fingerprint density at radius 2 is 1.90 bits per heavy atom. The maximum absolute atomic E-state index is 12.4. The second-order valence-electron chi connectivity index (χ2n) is 7.13. The molecule has 0 atom stereocenters. The molecule has 152 valence electrons. The SMILES string of the molecule is CN(C)c1ccc(/C=C(\C#N)C(=O)OCC(=O)c2ccc3c(c2)CC(=O)N3C)cc1. The molecule has 7 nitrogen and oxygen atoms in total. The molecule has 0 bridgehead atoms. The summed E-state index contributed by atoms with van der Waals surface area (Å²) >= 11 is 0. The molecule has 2 aromatic rings. The number of nitriles is 1. The van der Waals surface area contributed by atoms with E-state index in [1.165, 1.54) is 6.08 Å². The van der Waals surface area contributed by atoms with Gasteiger partial charge in [-0.2, -0.15) is 5.26 Å². The van der Waals surface area contributed by atoms with Crippen LogP contribution < -0.4 is 9.80 Å². The van der Waals surface area contributed by atoms with Crippen molar-refractivity contribution in [2.75, 3.05) is 37.5 Å². The number of nitrogens with zero attached hydrogens (tertiary/aromatic N) is 3. The summed E-state index contributed by atoms with van der Waals surface area (Å²) in [5.74, 6) is -1.30. The number of rotatable bonds is 6. The predicted molar refractivity (Wildman–Crippen MR) is 113 cm³/mol. The summed E-state index contributed by atoms with van der Waals surface area (Å²) in [4.78, 5) is 39.9. The molecule has 0 aliphatic carbocycles. The van der Waals surface area contributed by atoms with Crippen LogP contribution in [0.5, 0.6) is 0 Å². The number of ether oxygens (including phenoxy) is 1. The molecule has 0 aromatic heterocycles. The van der Waals surface area contributed by atoms with Gasteiger partial charge in [-0.15, -0.1) is 0 Å². The second kappa shape index (κ2) is 8.62. The van der Waals surface area contributed by atoms with Crippen LogP contribution in [0, 0.1) is 11.3 Å². The molecule has 0 saturated carbocycles. The van der Waals surface area contributed by atoms with Crippen molar-refractivity contribution >= 4 is 35.1 Å². The molecule has 0 saturated heterocycles. The van der Waals surface area contributed by atoms with E-state index in [0.717, 1.165) is 16.9 Å². The van der Waals surface area contributed by atoms with Crippen LogP contribution >= 0.6 is 0 Å². The van der Waals surface area contributed by atoms with Crippen molar-refractivity contribution in [1.29, 1.82) is 5.26 Å². The summed E-state index contributed by atoms with van der Waals surface area (Å²) in [6.07, 6.45) is 1.66. The van der Waals surface area contributed by atoms with Gasteiger partial charge >= 0.3 is 5.97 Å². The molecule has 0 N–H and O–H groups in total. The molecule has 0 spiro atoms. The van der Waals surface area contributed by atoms with Crippen LogP contribution in [0.2, 0.25) is 0 Å². The number of Topliss-reactive ketones (excluding diaryl/α,β-unsaturated/α-hetero) is 1. The number of anilines is 2. The van der Waals surface area contributed by atoms with Crippen LogP contribution in [-0.2, 0) is 20.7 Å². The highest BCUT2D eigenvalue weighted by Gasteiger charge is 2.25. The minimum absolute atomic E-state index is 0.0385. The van der Waals surface area contributed by atoms with Gasteiger partial charge in [0.2, 0.25) is 5.91 Å². The fraction of sp³-hybridized carbons (Fsp3) is 0.217. The Kier molecular flexibility index (Phi) is 5.98. The smallest absolute Gasteiger partial charge is 0.349 e. The molecule has 7 heteroatoms. The summed E-state index contributed by atoms with van der Waals surface area (Å²) < 4.78 is 5.04. The quantitative estimate of drug-likeness (QED) is 0.319. The molecule has 1 amide bonds. The summed E-state index contributed by atoms with van der Waals surface area (Å²) in [6, 6.07) is 14.1. The zero-order valence-electron chi connectivity index (χ0n) is 17.0. The highest BCUT2D eigenvalue weighted by molar-refractivity contribution is 6.05. The first-order chi connectivity index (χ1) is 14.3. The lowest BCUT2D eigenvalue weighted by atomic mass is 10.1. The van der Waals surface area contributed by atoms with Crippen LogP contribution in [0.15, 0.2) is 48.0 Å². The molecule has 2 aromatic carbocycles. The van der Waals surface area contributed by atoms with Crippen LogP contribution in [0.25, 0.3) is 6.08 Å². The summed E-state index contributed by atoms with van der Waals surface area (Å²) in [5, 5.41) is 9.29. The van der Waals surface area contributed by atoms with E-state index in [1.807, 2.05) is 37.2 Å². The first kappa shape index (κ1) is 20.8. The number of amides is 1. The van der Waals surface area contributed by atoms with Crippen molar-refractivity contribution in [2.45, 2.75) is 6.42 Å². The molecule has 30 heavy (non-hydrogen) atoms. The van der Waals surface area contributed by atoms with Gasteiger partial charge in [-0.3, -0.25) is 9.59 Å². The van der Waals surface area contributed by atoms with Gasteiger partial charge in [-0.25, -0.2) is 4.79 Å². The van der Waals surface area contributed by atoms with E-state index >= 15 is 0 Å². The number of benzene rings is 2. The normalized spacial score (nSPS) is 12.9. The van der Waals surface area contributed by atoms with Gasteiger partial charge in [0, 0.05) is 38.1 Å². The Morgan fingerprint density at radius 1 is 1.20 bits per heavy atom. The molecular formula is C23H21N3O4. The van der Waals surface area contributed by atoms with Crippen molar-refractivity contribution in [2.24, 2.45) is 0 Å². The number of hydrogen-bond donors (Lipinski definition) is 0. The second-order valence-corrected chi connectivity index (χ2v) is 7.13. The first-order valence-corrected chi connectivity index (χ1v) is 9.29. The van der Waals surface area contributed by atoms with E-state index in [2.05, 4.69) is 0 Å². The molecule has 1 aliphatic rings. The van der Waals surface area contributed by atoms with E-state index in [1.54, 1.807) is 42.3 Å². The van der Waals surface area contributed by atoms with Gasteiger partial charge in [0.05, 0.1) is 6.42 Å². The third-order valence-corrected chi connectivity index (χ3v) is 4.87. The van der Waals surface area contributed by atoms with Crippen LogP contribution in [-0.4, -0.2) is 45.4 Å². The van der Waals surface area contributed by atoms with Crippen LogP contribution in [0.1, 0.15) is 21.5 Å². The lowest BCUT2D eigenvalue weighted by molar-refractivity contribution is -0.137. The Balaban J connectivity index is 1.65. The number of likely N-dealkylation sites (N-methyl/N-ethyl adjacent to an activating group) is 1. The number of hydrogen-bond acceptors (Lipinski definition) is 6. The lowest BCUT2D eigenvalue weighted by Crippen LogP contribution is -2.20. The number of ketones is 1. The van der Waals surface area contributed by atoms with E-state index in [9.17, 15) is 19.6 Å². The minimum atomic E-state index is -0.862. The van der Waals surface area contributed by atoms with Gasteiger partial charge in [-0.05, 0) is 47.5 Å². The van der Waals surface area contributed by atoms with Gasteiger partial charge < -0.3 is 14.5 Å². The third-order valence-electron chi connectivity index (χ3n) is 4.87. The van der Waals surface area contributed by atoms with Crippen molar-refractivity contribution in [3.8, 4) is 6.07 Å². The Labute approximate surface area is 174 Å². The van der Waals surface area contributed by atoms with Gasteiger partial charge in [0.1, 0.15) is 11.6 Å². The summed E-state index contributed by atoms with van der Waals surface area (Å²) in [6.45, 7) is -0.486. The zero-order chi connectivity index (χ0) is 21.8. The van der Waals surface area contributed by atoms with E-state index in [-0.39, 0.29) is 17.9 Å². The largest absolute Gasteiger partial charge is 0.453 e. The molecule has 0 unspecified atom stereocenters. The first-order valence-electron chi connectivity index (χ1n) is 9.29. The average molecular weight is 403 g/mol. The number of carbonyl (C=O) groups excluding carboxylic acids is 3. The van der Waals surface area contributed by atoms with E-state index in [0.29, 0.717) is 11.1 Å². The predicted octanol–water partition coefficient (Wildman–Crippen LogP) is 2.60. The summed E-state index contributed by atoms with van der Waals surface area (Å²) in [7, 11) is 5.51. The summed E-state index contributed by atoms with van der Waals surface area (Å²) in [5.41, 5.74) is 3.35. The third kappa shape index (κ3) is 4.39. The van der Waals surface area contributed by atoms with E-state index in [4.69, 9.17) is 4.74 Å². The number of fused-ring (bicyclic) bond motifs is 1. The Morgan fingerprint density at radius 3 is 2.53 bits per heavy atom. The number of esters is 1. The van der Waals surface area contributed by atoms with Crippen molar-refractivity contribution in [1.82, 2.24) is 0 Å². The molecule has 1 aliphatic heterocycles. The Hall–Kier alpha value is -3.92. The van der Waals surface area contributed by atoms with E-state index < -0.39 is 18.4 Å². The Bertz CT molecular complexity index is 1080. The van der Waals surface area contributed by atoms with Gasteiger partial charge in [0.25, 0.3) is 0 Å². The fourth-order valence-corrected chi connectivity index (χ4v) is 3.11.